The van der Waals surface area contributed by atoms with Crippen molar-refractivity contribution in [1.82, 2.24) is 29.8 Å². The van der Waals surface area contributed by atoms with E-state index >= 15 is 0 Å². The Labute approximate surface area is 188 Å². The van der Waals surface area contributed by atoms with Crippen molar-refractivity contribution >= 4 is 33.6 Å². The molecule has 0 aliphatic heterocycles. The highest BCUT2D eigenvalue weighted by molar-refractivity contribution is 6.05. The first kappa shape index (κ1) is 22.0. The van der Waals surface area contributed by atoms with Gasteiger partial charge in [-0.3, -0.25) is 34.4 Å². The molecule has 2 amide bonds. The number of aryl methyl sites for hydroxylation is 2. The average Bonchev–Trinajstić information content (AvgIpc) is 3.09. The van der Waals surface area contributed by atoms with Crippen LogP contribution in [0, 0.1) is 0 Å². The van der Waals surface area contributed by atoms with Gasteiger partial charge in [0.15, 0.2) is 5.69 Å². The van der Waals surface area contributed by atoms with Gasteiger partial charge in [-0.25, -0.2) is 9.48 Å². The highest BCUT2D eigenvalue weighted by atomic mass is 16.2. The standard InChI is InChI=1S/C23H24N6O4/c1-3-13-27-17-11-7-8-12-18(17)28(23(27)33)14-19(30)24-25-21(31)20-15-9-5-6-10-16(15)22(32)29(4-2)26-20/h5-12H,3-4,13-14H2,1-2H3,(H,24,30)(H,25,31). The largest absolute Gasteiger partial charge is 0.329 e. The van der Waals surface area contributed by atoms with Gasteiger partial charge < -0.3 is 0 Å². The fourth-order valence-corrected chi connectivity index (χ4v) is 3.85. The monoisotopic (exact) mass is 448 g/mol. The minimum Gasteiger partial charge on any atom is -0.292 e. The molecule has 2 heterocycles. The first-order valence-corrected chi connectivity index (χ1v) is 10.7. The van der Waals surface area contributed by atoms with Crippen LogP contribution in [0.2, 0.25) is 0 Å². The SMILES string of the molecule is CCCn1c(=O)n(CC(=O)NNC(=O)c2nn(CC)c(=O)c3ccccc23)c2ccccc21. The third-order valence-corrected chi connectivity index (χ3v) is 5.37. The number of rotatable bonds is 6. The van der Waals surface area contributed by atoms with E-state index in [1.807, 2.05) is 19.1 Å². The van der Waals surface area contributed by atoms with Crippen molar-refractivity contribution in [3.05, 3.63) is 75.1 Å². The Morgan fingerprint density at radius 3 is 2.18 bits per heavy atom. The number of benzene rings is 2. The summed E-state index contributed by atoms with van der Waals surface area (Å²) in [6.07, 6.45) is 0.775. The summed E-state index contributed by atoms with van der Waals surface area (Å²) >= 11 is 0. The Morgan fingerprint density at radius 1 is 0.879 bits per heavy atom. The van der Waals surface area contributed by atoms with Gasteiger partial charge in [-0.1, -0.05) is 37.3 Å². The number of hydrazine groups is 1. The second kappa shape index (κ2) is 9.11. The Morgan fingerprint density at radius 2 is 1.52 bits per heavy atom. The lowest BCUT2D eigenvalue weighted by Crippen LogP contribution is -2.45. The molecule has 0 unspecified atom stereocenters. The van der Waals surface area contributed by atoms with Gasteiger partial charge in [-0.2, -0.15) is 5.10 Å². The van der Waals surface area contributed by atoms with Crippen molar-refractivity contribution in [1.29, 1.82) is 0 Å². The highest BCUT2D eigenvalue weighted by Crippen LogP contribution is 2.14. The molecule has 0 aliphatic rings. The van der Waals surface area contributed by atoms with Gasteiger partial charge in [-0.15, -0.1) is 0 Å². The zero-order valence-electron chi connectivity index (χ0n) is 18.4. The predicted molar refractivity (Wildman–Crippen MR) is 124 cm³/mol. The van der Waals surface area contributed by atoms with Crippen LogP contribution < -0.4 is 22.1 Å². The Hall–Kier alpha value is -4.21. The zero-order chi connectivity index (χ0) is 23.5. The maximum absolute atomic E-state index is 12.8. The number of para-hydroxylation sites is 2. The lowest BCUT2D eigenvalue weighted by atomic mass is 10.1. The normalized spacial score (nSPS) is 11.1. The first-order chi connectivity index (χ1) is 16.0. The maximum atomic E-state index is 12.8. The summed E-state index contributed by atoms with van der Waals surface area (Å²) in [5, 5.41) is 4.89. The van der Waals surface area contributed by atoms with E-state index in [2.05, 4.69) is 16.0 Å². The van der Waals surface area contributed by atoms with Gasteiger partial charge >= 0.3 is 5.69 Å². The van der Waals surface area contributed by atoms with Gasteiger partial charge in [-0.05, 0) is 31.5 Å². The second-order valence-electron chi connectivity index (χ2n) is 7.53. The molecule has 10 nitrogen and oxygen atoms in total. The Kier molecular flexibility index (Phi) is 6.07. The van der Waals surface area contributed by atoms with Crippen molar-refractivity contribution < 1.29 is 9.59 Å². The summed E-state index contributed by atoms with van der Waals surface area (Å²) in [5.74, 6) is -1.24. The first-order valence-electron chi connectivity index (χ1n) is 10.7. The summed E-state index contributed by atoms with van der Waals surface area (Å²) in [5.41, 5.74) is 5.51. The molecule has 2 aromatic heterocycles. The summed E-state index contributed by atoms with van der Waals surface area (Å²) < 4.78 is 4.20. The fraction of sp³-hybridized carbons (Fsp3) is 0.261. The van der Waals surface area contributed by atoms with E-state index in [0.717, 1.165) is 11.9 Å². The van der Waals surface area contributed by atoms with Crippen LogP contribution in [0.25, 0.3) is 21.8 Å². The van der Waals surface area contributed by atoms with Crippen LogP contribution in [0.5, 0.6) is 0 Å². The Bertz CT molecular complexity index is 1480. The Balaban J connectivity index is 1.56. The molecule has 0 bridgehead atoms. The van der Waals surface area contributed by atoms with E-state index in [1.165, 1.54) is 9.25 Å². The summed E-state index contributed by atoms with van der Waals surface area (Å²) in [7, 11) is 0. The zero-order valence-corrected chi connectivity index (χ0v) is 18.4. The third kappa shape index (κ3) is 4.02. The van der Waals surface area contributed by atoms with Gasteiger partial charge in [0.25, 0.3) is 17.4 Å². The number of fused-ring (bicyclic) bond motifs is 2. The van der Waals surface area contributed by atoms with Crippen molar-refractivity contribution in [3.63, 3.8) is 0 Å². The van der Waals surface area contributed by atoms with E-state index in [0.29, 0.717) is 29.4 Å². The number of hydrogen-bond acceptors (Lipinski definition) is 5. The number of nitrogens with one attached hydrogen (secondary N) is 2. The topological polar surface area (TPSA) is 120 Å². The van der Waals surface area contributed by atoms with Crippen molar-refractivity contribution in [2.45, 2.75) is 39.9 Å². The number of nitrogens with zero attached hydrogens (tertiary/aromatic N) is 4. The molecule has 0 spiro atoms. The van der Waals surface area contributed by atoms with Gasteiger partial charge in [0, 0.05) is 18.5 Å². The van der Waals surface area contributed by atoms with Crippen LogP contribution in [-0.2, 0) is 24.4 Å². The van der Waals surface area contributed by atoms with E-state index in [1.54, 1.807) is 47.9 Å². The minimum absolute atomic E-state index is 0.0177. The van der Waals surface area contributed by atoms with Crippen molar-refractivity contribution in [2.75, 3.05) is 0 Å². The number of amides is 2. The van der Waals surface area contributed by atoms with E-state index in [-0.39, 0.29) is 23.5 Å². The molecule has 2 aromatic carbocycles. The average molecular weight is 448 g/mol. The van der Waals surface area contributed by atoms with Crippen molar-refractivity contribution in [2.24, 2.45) is 0 Å². The van der Waals surface area contributed by atoms with Crippen LogP contribution in [-0.4, -0.2) is 30.7 Å². The molecular formula is C23H24N6O4. The number of carbonyl (C=O) groups is 2. The van der Waals surface area contributed by atoms with E-state index in [9.17, 15) is 19.2 Å². The van der Waals surface area contributed by atoms with Crippen molar-refractivity contribution in [3.8, 4) is 0 Å². The summed E-state index contributed by atoms with van der Waals surface area (Å²) in [4.78, 5) is 50.7. The van der Waals surface area contributed by atoms with E-state index in [4.69, 9.17) is 0 Å². The van der Waals surface area contributed by atoms with E-state index < -0.39 is 11.8 Å². The lowest BCUT2D eigenvalue weighted by Gasteiger charge is -2.11. The molecule has 0 atom stereocenters. The van der Waals surface area contributed by atoms with Crippen LogP contribution in [0.4, 0.5) is 0 Å². The number of hydrogen-bond donors (Lipinski definition) is 2. The number of carbonyl (C=O) groups excluding carboxylic acids is 2. The van der Waals surface area contributed by atoms with Gasteiger partial charge in [0.05, 0.1) is 16.4 Å². The molecule has 0 fully saturated rings. The van der Waals surface area contributed by atoms with Crippen LogP contribution >= 0.6 is 0 Å². The highest BCUT2D eigenvalue weighted by Gasteiger charge is 2.18. The molecule has 0 radical (unpaired) electrons. The molecule has 0 saturated heterocycles. The predicted octanol–water partition coefficient (Wildman–Crippen LogP) is 1.40. The second-order valence-corrected chi connectivity index (χ2v) is 7.53. The molecule has 0 saturated carbocycles. The number of imidazole rings is 1. The molecule has 2 N–H and O–H groups in total. The molecule has 170 valence electrons. The molecule has 33 heavy (non-hydrogen) atoms. The minimum atomic E-state index is -0.664. The van der Waals surface area contributed by atoms with Crippen LogP contribution in [0.3, 0.4) is 0 Å². The molecule has 10 heteroatoms. The third-order valence-electron chi connectivity index (χ3n) is 5.37. The smallest absolute Gasteiger partial charge is 0.292 e. The number of aromatic nitrogens is 4. The summed E-state index contributed by atoms with van der Waals surface area (Å²) in [6.45, 7) is 4.29. The van der Waals surface area contributed by atoms with Crippen LogP contribution in [0.15, 0.2) is 58.1 Å². The maximum Gasteiger partial charge on any atom is 0.329 e. The lowest BCUT2D eigenvalue weighted by molar-refractivity contribution is -0.122. The van der Waals surface area contributed by atoms with Gasteiger partial charge in [0.2, 0.25) is 0 Å². The molecule has 4 rings (SSSR count). The van der Waals surface area contributed by atoms with Gasteiger partial charge in [0.1, 0.15) is 6.54 Å². The molecular weight excluding hydrogens is 424 g/mol. The summed E-state index contributed by atoms with van der Waals surface area (Å²) in [6, 6.07) is 13.9. The fourth-order valence-electron chi connectivity index (χ4n) is 3.85. The quantitative estimate of drug-likeness (QED) is 0.432. The molecule has 0 aliphatic carbocycles. The van der Waals surface area contributed by atoms with Crippen LogP contribution in [0.1, 0.15) is 30.8 Å². The molecule has 4 aromatic rings.